The van der Waals surface area contributed by atoms with Crippen LogP contribution in [0.3, 0.4) is 0 Å². The first-order valence-corrected chi connectivity index (χ1v) is 8.39. The molecule has 1 saturated heterocycles. The van der Waals surface area contributed by atoms with Gasteiger partial charge in [-0.05, 0) is 49.5 Å². The zero-order chi connectivity index (χ0) is 17.6. The summed E-state index contributed by atoms with van der Waals surface area (Å²) in [5.41, 5.74) is 6.71. The SMILES string of the molecule is NC(=O)c1cc(C(=O)NCC2CCN(Cc3ccncc3)CC2)co1. The maximum Gasteiger partial charge on any atom is 0.284 e. The highest BCUT2D eigenvalue weighted by Gasteiger charge is 2.20. The molecule has 1 aliphatic rings. The first kappa shape index (κ1) is 17.2. The van der Waals surface area contributed by atoms with Crippen molar-refractivity contribution >= 4 is 11.8 Å². The molecule has 3 N–H and O–H groups in total. The molecule has 7 nitrogen and oxygen atoms in total. The van der Waals surface area contributed by atoms with E-state index in [9.17, 15) is 9.59 Å². The smallest absolute Gasteiger partial charge is 0.284 e. The lowest BCUT2D eigenvalue weighted by atomic mass is 9.96. The molecule has 0 bridgehead atoms. The lowest BCUT2D eigenvalue weighted by Crippen LogP contribution is -2.38. The third-order valence-electron chi connectivity index (χ3n) is 4.52. The quantitative estimate of drug-likeness (QED) is 0.826. The van der Waals surface area contributed by atoms with Crippen LogP contribution in [0.4, 0.5) is 0 Å². The molecule has 3 rings (SSSR count). The van der Waals surface area contributed by atoms with E-state index in [4.69, 9.17) is 10.2 Å². The molecule has 25 heavy (non-hydrogen) atoms. The number of rotatable bonds is 6. The van der Waals surface area contributed by atoms with E-state index < -0.39 is 5.91 Å². The van der Waals surface area contributed by atoms with E-state index in [-0.39, 0.29) is 11.7 Å². The van der Waals surface area contributed by atoms with E-state index in [0.717, 1.165) is 32.5 Å². The van der Waals surface area contributed by atoms with Crippen molar-refractivity contribution in [2.24, 2.45) is 11.7 Å². The largest absolute Gasteiger partial charge is 0.458 e. The van der Waals surface area contributed by atoms with Crippen LogP contribution >= 0.6 is 0 Å². The Labute approximate surface area is 146 Å². The number of nitrogens with two attached hydrogens (primary N) is 1. The number of hydrogen-bond acceptors (Lipinski definition) is 5. The van der Waals surface area contributed by atoms with Gasteiger partial charge < -0.3 is 15.5 Å². The molecule has 2 aromatic rings. The summed E-state index contributed by atoms with van der Waals surface area (Å²) in [7, 11) is 0. The molecule has 7 heteroatoms. The lowest BCUT2D eigenvalue weighted by Gasteiger charge is -2.32. The number of primary amides is 1. The molecular formula is C18H22N4O3. The molecule has 2 amide bonds. The average Bonchev–Trinajstić information content (AvgIpc) is 3.12. The Kier molecular flexibility index (Phi) is 5.45. The number of piperidine rings is 1. The highest BCUT2D eigenvalue weighted by Crippen LogP contribution is 2.18. The number of furan rings is 1. The van der Waals surface area contributed by atoms with Crippen LogP contribution in [0.1, 0.15) is 39.3 Å². The van der Waals surface area contributed by atoms with Crippen molar-refractivity contribution in [1.82, 2.24) is 15.2 Å². The molecule has 0 aromatic carbocycles. The topological polar surface area (TPSA) is 101 Å². The minimum absolute atomic E-state index is 0.00503. The van der Waals surface area contributed by atoms with Crippen molar-refractivity contribution < 1.29 is 14.0 Å². The van der Waals surface area contributed by atoms with Crippen LogP contribution in [0, 0.1) is 5.92 Å². The molecule has 3 heterocycles. The number of aromatic nitrogens is 1. The Balaban J connectivity index is 1.41. The van der Waals surface area contributed by atoms with E-state index in [0.29, 0.717) is 18.0 Å². The monoisotopic (exact) mass is 342 g/mol. The van der Waals surface area contributed by atoms with Crippen LogP contribution in [0.2, 0.25) is 0 Å². The number of nitrogens with one attached hydrogen (secondary N) is 1. The van der Waals surface area contributed by atoms with Crippen LogP contribution in [0.5, 0.6) is 0 Å². The summed E-state index contributed by atoms with van der Waals surface area (Å²) in [5.74, 6) is -0.467. The molecule has 132 valence electrons. The molecule has 2 aromatic heterocycles. The lowest BCUT2D eigenvalue weighted by molar-refractivity contribution is 0.0933. The standard InChI is InChI=1S/C18H22N4O3/c19-17(23)16-9-15(12-25-16)18(24)21-10-13-3-7-22(8-4-13)11-14-1-5-20-6-2-14/h1-2,5-6,9,12-13H,3-4,7-8,10-11H2,(H2,19,23)(H,21,24). The summed E-state index contributed by atoms with van der Waals surface area (Å²) >= 11 is 0. The molecule has 0 saturated carbocycles. The van der Waals surface area contributed by atoms with Crippen molar-refractivity contribution in [3.63, 3.8) is 0 Å². The second-order valence-electron chi connectivity index (χ2n) is 6.35. The van der Waals surface area contributed by atoms with Gasteiger partial charge in [-0.3, -0.25) is 19.5 Å². The fraction of sp³-hybridized carbons (Fsp3) is 0.389. The maximum absolute atomic E-state index is 12.1. The molecule has 0 radical (unpaired) electrons. The fourth-order valence-electron chi connectivity index (χ4n) is 3.02. The van der Waals surface area contributed by atoms with Crippen LogP contribution < -0.4 is 11.1 Å². The Morgan fingerprint density at radius 2 is 2.00 bits per heavy atom. The predicted octanol–water partition coefficient (Wildman–Crippen LogP) is 1.42. The Morgan fingerprint density at radius 1 is 1.28 bits per heavy atom. The van der Waals surface area contributed by atoms with Gasteiger partial charge in [-0.25, -0.2) is 0 Å². The number of likely N-dealkylation sites (tertiary alicyclic amines) is 1. The molecule has 0 aliphatic carbocycles. The fourth-order valence-corrected chi connectivity index (χ4v) is 3.02. The Hall–Kier alpha value is -2.67. The highest BCUT2D eigenvalue weighted by molar-refractivity contribution is 5.97. The highest BCUT2D eigenvalue weighted by atomic mass is 16.3. The van der Waals surface area contributed by atoms with E-state index in [2.05, 4.69) is 15.2 Å². The van der Waals surface area contributed by atoms with Gasteiger partial charge in [0.1, 0.15) is 6.26 Å². The minimum atomic E-state index is -0.680. The first-order chi connectivity index (χ1) is 12.1. The molecule has 0 atom stereocenters. The summed E-state index contributed by atoms with van der Waals surface area (Å²) in [6.45, 7) is 3.59. The zero-order valence-electron chi connectivity index (χ0n) is 14.0. The third-order valence-corrected chi connectivity index (χ3v) is 4.52. The van der Waals surface area contributed by atoms with Crippen LogP contribution in [-0.4, -0.2) is 41.3 Å². The van der Waals surface area contributed by atoms with Crippen molar-refractivity contribution in [2.45, 2.75) is 19.4 Å². The summed E-state index contributed by atoms with van der Waals surface area (Å²) in [6.07, 6.45) is 6.98. The molecular weight excluding hydrogens is 320 g/mol. The van der Waals surface area contributed by atoms with Gasteiger partial charge in [0.15, 0.2) is 5.76 Å². The third kappa shape index (κ3) is 4.67. The van der Waals surface area contributed by atoms with Crippen LogP contribution in [0.25, 0.3) is 0 Å². The van der Waals surface area contributed by atoms with Gasteiger partial charge in [-0.1, -0.05) is 0 Å². The average molecular weight is 342 g/mol. The number of pyridine rings is 1. The number of nitrogens with zero attached hydrogens (tertiary/aromatic N) is 2. The maximum atomic E-state index is 12.1. The summed E-state index contributed by atoms with van der Waals surface area (Å²) in [4.78, 5) is 29.5. The molecule has 1 fully saturated rings. The Bertz CT molecular complexity index is 721. The number of amides is 2. The van der Waals surface area contributed by atoms with Crippen LogP contribution in [0.15, 0.2) is 41.3 Å². The van der Waals surface area contributed by atoms with Gasteiger partial charge >= 0.3 is 0 Å². The van der Waals surface area contributed by atoms with Crippen molar-refractivity contribution in [3.05, 3.63) is 53.7 Å². The van der Waals surface area contributed by atoms with E-state index in [1.807, 2.05) is 24.5 Å². The first-order valence-electron chi connectivity index (χ1n) is 8.39. The summed E-state index contributed by atoms with van der Waals surface area (Å²) in [6, 6.07) is 5.45. The second kappa shape index (κ2) is 7.94. The van der Waals surface area contributed by atoms with Crippen LogP contribution in [-0.2, 0) is 6.54 Å². The van der Waals surface area contributed by atoms with Gasteiger partial charge in [0.25, 0.3) is 11.8 Å². The van der Waals surface area contributed by atoms with Gasteiger partial charge in [-0.15, -0.1) is 0 Å². The van der Waals surface area contributed by atoms with Crippen molar-refractivity contribution in [1.29, 1.82) is 0 Å². The van der Waals surface area contributed by atoms with E-state index in [1.165, 1.54) is 17.9 Å². The number of carbonyl (C=O) groups is 2. The van der Waals surface area contributed by atoms with Crippen molar-refractivity contribution in [2.75, 3.05) is 19.6 Å². The second-order valence-corrected chi connectivity index (χ2v) is 6.35. The van der Waals surface area contributed by atoms with Gasteiger partial charge in [0.05, 0.1) is 5.56 Å². The zero-order valence-corrected chi connectivity index (χ0v) is 14.0. The number of carbonyl (C=O) groups excluding carboxylic acids is 2. The normalized spacial score (nSPS) is 15.8. The summed E-state index contributed by atoms with van der Waals surface area (Å²) < 4.78 is 4.96. The number of hydrogen-bond donors (Lipinski definition) is 2. The van der Waals surface area contributed by atoms with Gasteiger partial charge in [-0.2, -0.15) is 0 Å². The van der Waals surface area contributed by atoms with Gasteiger partial charge in [0.2, 0.25) is 0 Å². The molecule has 0 unspecified atom stereocenters. The van der Waals surface area contributed by atoms with E-state index in [1.54, 1.807) is 0 Å². The Morgan fingerprint density at radius 3 is 2.64 bits per heavy atom. The van der Waals surface area contributed by atoms with Crippen molar-refractivity contribution in [3.8, 4) is 0 Å². The van der Waals surface area contributed by atoms with E-state index >= 15 is 0 Å². The predicted molar refractivity (Wildman–Crippen MR) is 91.8 cm³/mol. The summed E-state index contributed by atoms with van der Waals surface area (Å²) in [5, 5.41) is 2.91. The minimum Gasteiger partial charge on any atom is -0.458 e. The van der Waals surface area contributed by atoms with Gasteiger partial charge in [0, 0.05) is 31.5 Å². The molecule has 1 aliphatic heterocycles. The molecule has 0 spiro atoms.